The molecule has 0 aromatic carbocycles. The molecule has 0 saturated carbocycles. The Balaban J connectivity index is 2.28. The Morgan fingerprint density at radius 2 is 2.50 bits per heavy atom. The minimum Gasteiger partial charge on any atom is -0.291 e. The molecule has 12 heavy (non-hydrogen) atoms. The molecule has 2 fully saturated rings. The molecule has 2 heterocycles. The van der Waals surface area contributed by atoms with Gasteiger partial charge in [0, 0.05) is 25.0 Å². The Hall–Kier alpha value is -0.370. The Bertz CT molecular complexity index is 214. The number of hydrogen-bond acceptors (Lipinski definition) is 1. The molecule has 0 N–H and O–H groups in total. The molecule has 0 aromatic rings. The van der Waals surface area contributed by atoms with Gasteiger partial charge in [-0.15, -0.1) is 0 Å². The van der Waals surface area contributed by atoms with Crippen molar-refractivity contribution in [2.75, 3.05) is 13.1 Å². The molecule has 0 radical (unpaired) electrons. The van der Waals surface area contributed by atoms with E-state index >= 15 is 0 Å². The Kier molecular flexibility index (Phi) is 1.76. The first kappa shape index (κ1) is 8.24. The minimum absolute atomic E-state index is 0.0411. The smallest absolute Gasteiger partial charge is 0.115 e. The first-order valence-corrected chi connectivity index (χ1v) is 4.76. The molecule has 0 aliphatic carbocycles. The molecule has 0 amide bonds. The van der Waals surface area contributed by atoms with E-state index in [9.17, 15) is 4.39 Å². The van der Waals surface area contributed by atoms with E-state index in [0.29, 0.717) is 13.0 Å². The molecule has 68 valence electrons. The van der Waals surface area contributed by atoms with Crippen LogP contribution >= 0.6 is 0 Å². The van der Waals surface area contributed by atoms with Crippen LogP contribution in [0.2, 0.25) is 0 Å². The number of rotatable bonds is 1. The van der Waals surface area contributed by atoms with Gasteiger partial charge in [-0.25, -0.2) is 4.39 Å². The second kappa shape index (κ2) is 2.56. The highest BCUT2D eigenvalue weighted by Gasteiger charge is 2.49. The molecule has 2 saturated heterocycles. The lowest BCUT2D eigenvalue weighted by molar-refractivity contribution is 0.216. The summed E-state index contributed by atoms with van der Waals surface area (Å²) in [6.07, 6.45) is 2.15. The molecule has 2 atom stereocenters. The van der Waals surface area contributed by atoms with E-state index in [-0.39, 0.29) is 5.54 Å². The summed E-state index contributed by atoms with van der Waals surface area (Å²) in [4.78, 5) is 2.28. The molecule has 1 nitrogen and oxygen atoms in total. The van der Waals surface area contributed by atoms with Gasteiger partial charge in [-0.1, -0.05) is 19.1 Å². The van der Waals surface area contributed by atoms with Gasteiger partial charge in [0.2, 0.25) is 0 Å². The fourth-order valence-electron chi connectivity index (χ4n) is 2.77. The number of halogens is 1. The average molecular weight is 169 g/mol. The summed E-state index contributed by atoms with van der Waals surface area (Å²) in [7, 11) is 0. The van der Waals surface area contributed by atoms with E-state index in [1.165, 1.54) is 5.57 Å². The second-order valence-electron chi connectivity index (χ2n) is 3.99. The van der Waals surface area contributed by atoms with E-state index in [4.69, 9.17) is 0 Å². The molecule has 2 rings (SSSR count). The van der Waals surface area contributed by atoms with Crippen LogP contribution in [-0.4, -0.2) is 29.7 Å². The van der Waals surface area contributed by atoms with Crippen LogP contribution in [0, 0.1) is 0 Å². The maximum atomic E-state index is 13.2. The lowest BCUT2D eigenvalue weighted by Gasteiger charge is -2.31. The molecular weight excluding hydrogens is 153 g/mol. The van der Waals surface area contributed by atoms with Crippen molar-refractivity contribution >= 4 is 0 Å². The number of fused-ring (bicyclic) bond motifs is 1. The van der Waals surface area contributed by atoms with Crippen molar-refractivity contribution in [3.63, 3.8) is 0 Å². The third-order valence-corrected chi connectivity index (χ3v) is 3.51. The van der Waals surface area contributed by atoms with Gasteiger partial charge < -0.3 is 0 Å². The Morgan fingerprint density at radius 3 is 3.08 bits per heavy atom. The van der Waals surface area contributed by atoms with Crippen molar-refractivity contribution in [2.24, 2.45) is 0 Å². The van der Waals surface area contributed by atoms with Gasteiger partial charge in [-0.05, 0) is 12.8 Å². The van der Waals surface area contributed by atoms with E-state index in [1.807, 2.05) is 0 Å². The highest BCUT2D eigenvalue weighted by atomic mass is 19.1. The van der Waals surface area contributed by atoms with Gasteiger partial charge in [0.25, 0.3) is 0 Å². The molecule has 2 aliphatic rings. The first-order chi connectivity index (χ1) is 5.69. The highest BCUT2D eigenvalue weighted by Crippen LogP contribution is 2.44. The van der Waals surface area contributed by atoms with E-state index in [0.717, 1.165) is 19.4 Å². The minimum atomic E-state index is -0.623. The largest absolute Gasteiger partial charge is 0.291 e. The van der Waals surface area contributed by atoms with Crippen LogP contribution in [0.1, 0.15) is 26.2 Å². The summed E-state index contributed by atoms with van der Waals surface area (Å²) in [5, 5.41) is 0. The van der Waals surface area contributed by atoms with Gasteiger partial charge in [0.05, 0.1) is 0 Å². The fourth-order valence-corrected chi connectivity index (χ4v) is 2.77. The summed E-state index contributed by atoms with van der Waals surface area (Å²) in [5.74, 6) is 0. The first-order valence-electron chi connectivity index (χ1n) is 4.76. The van der Waals surface area contributed by atoms with Crippen molar-refractivity contribution in [3.05, 3.63) is 12.2 Å². The molecule has 2 aliphatic heterocycles. The SMILES string of the molecule is C=C1CCN2C[C@H](F)C[C@@]12CC. The van der Waals surface area contributed by atoms with Crippen LogP contribution in [0.15, 0.2) is 12.2 Å². The van der Waals surface area contributed by atoms with Gasteiger partial charge in [0.15, 0.2) is 0 Å². The summed E-state index contributed by atoms with van der Waals surface area (Å²) >= 11 is 0. The highest BCUT2D eigenvalue weighted by molar-refractivity contribution is 5.25. The van der Waals surface area contributed by atoms with Crippen LogP contribution in [0.4, 0.5) is 4.39 Å². The van der Waals surface area contributed by atoms with Crippen LogP contribution in [0.3, 0.4) is 0 Å². The van der Waals surface area contributed by atoms with Crippen LogP contribution < -0.4 is 0 Å². The summed E-state index contributed by atoms with van der Waals surface area (Å²) in [5.41, 5.74) is 1.30. The number of hydrogen-bond donors (Lipinski definition) is 0. The third kappa shape index (κ3) is 0.875. The van der Waals surface area contributed by atoms with Crippen LogP contribution in [0.5, 0.6) is 0 Å². The van der Waals surface area contributed by atoms with Crippen molar-refractivity contribution in [2.45, 2.75) is 37.9 Å². The number of alkyl halides is 1. The van der Waals surface area contributed by atoms with Crippen molar-refractivity contribution in [3.8, 4) is 0 Å². The van der Waals surface area contributed by atoms with E-state index < -0.39 is 6.17 Å². The Labute approximate surface area is 73.2 Å². The molecule has 2 heteroatoms. The summed E-state index contributed by atoms with van der Waals surface area (Å²) in [6.45, 7) is 7.86. The topological polar surface area (TPSA) is 3.24 Å². The average Bonchev–Trinajstić information content (AvgIpc) is 2.50. The molecule has 0 aromatic heterocycles. The predicted octanol–water partition coefficient (Wildman–Crippen LogP) is 2.14. The normalized spacial score (nSPS) is 42.2. The zero-order chi connectivity index (χ0) is 8.77. The lowest BCUT2D eigenvalue weighted by atomic mass is 9.87. The predicted molar refractivity (Wildman–Crippen MR) is 47.9 cm³/mol. The Morgan fingerprint density at radius 1 is 1.75 bits per heavy atom. The second-order valence-corrected chi connectivity index (χ2v) is 3.99. The summed E-state index contributed by atoms with van der Waals surface area (Å²) < 4.78 is 13.2. The summed E-state index contributed by atoms with van der Waals surface area (Å²) in [6, 6.07) is 0. The number of nitrogens with zero attached hydrogens (tertiary/aromatic N) is 1. The lowest BCUT2D eigenvalue weighted by Crippen LogP contribution is -2.38. The van der Waals surface area contributed by atoms with E-state index in [2.05, 4.69) is 18.4 Å². The van der Waals surface area contributed by atoms with Crippen molar-refractivity contribution in [1.29, 1.82) is 0 Å². The van der Waals surface area contributed by atoms with Crippen LogP contribution in [-0.2, 0) is 0 Å². The molecular formula is C10H16FN. The van der Waals surface area contributed by atoms with Gasteiger partial charge in [-0.2, -0.15) is 0 Å². The van der Waals surface area contributed by atoms with Crippen molar-refractivity contribution < 1.29 is 4.39 Å². The quantitative estimate of drug-likeness (QED) is 0.543. The third-order valence-electron chi connectivity index (χ3n) is 3.51. The molecule has 0 bridgehead atoms. The monoisotopic (exact) mass is 169 g/mol. The molecule has 0 spiro atoms. The van der Waals surface area contributed by atoms with E-state index in [1.54, 1.807) is 0 Å². The standard InChI is InChI=1S/C10H16FN/c1-3-10-6-9(11)7-12(10)5-4-8(10)2/h9H,2-7H2,1H3/t9-,10+/m1/s1. The molecule has 0 unspecified atom stereocenters. The zero-order valence-corrected chi connectivity index (χ0v) is 7.65. The zero-order valence-electron chi connectivity index (χ0n) is 7.65. The van der Waals surface area contributed by atoms with Gasteiger partial charge >= 0.3 is 0 Å². The maximum absolute atomic E-state index is 13.2. The van der Waals surface area contributed by atoms with Gasteiger partial charge in [-0.3, -0.25) is 4.90 Å². The van der Waals surface area contributed by atoms with Crippen molar-refractivity contribution in [1.82, 2.24) is 4.90 Å². The van der Waals surface area contributed by atoms with Crippen LogP contribution in [0.25, 0.3) is 0 Å². The van der Waals surface area contributed by atoms with Gasteiger partial charge in [0.1, 0.15) is 6.17 Å². The fraction of sp³-hybridized carbons (Fsp3) is 0.800. The maximum Gasteiger partial charge on any atom is 0.115 e.